The molecule has 0 fully saturated rings. The molecule has 1 heterocycles. The summed E-state index contributed by atoms with van der Waals surface area (Å²) in [5, 5.41) is 3.60. The quantitative estimate of drug-likeness (QED) is 0.667. The average Bonchev–Trinajstić information content (AvgIpc) is 2.68. The predicted octanol–water partition coefficient (Wildman–Crippen LogP) is 3.97. The van der Waals surface area contributed by atoms with Gasteiger partial charge in [-0.2, -0.15) is 4.98 Å². The number of aromatic nitrogens is 3. The molecular formula is C19H16Cl2N4O3. The molecule has 3 aromatic rings. The molecule has 0 aliphatic rings. The first-order valence-corrected chi connectivity index (χ1v) is 8.98. The maximum absolute atomic E-state index is 12.1. The third-order valence-corrected chi connectivity index (χ3v) is 4.73. The van der Waals surface area contributed by atoms with Crippen LogP contribution in [0.4, 0.5) is 4.79 Å². The number of amides is 1. The minimum Gasteiger partial charge on any atom is -0.453 e. The zero-order valence-electron chi connectivity index (χ0n) is 15.0. The fourth-order valence-electron chi connectivity index (χ4n) is 2.53. The number of alkyl carbamates (subject to hydrolysis) is 1. The molecule has 0 aliphatic heterocycles. The standard InChI is InChI=1S/C19H16Cl2N4O3/c1-10-7-12(4-6-14(10)20)16-23-17(25-18(26)24-16)13-8-11(3-5-15(13)21)9-22-19(27)28-2/h3-8H,9H2,1-2H3,(H,22,27)(H,23,24,25,26). The van der Waals surface area contributed by atoms with Crippen LogP contribution in [-0.2, 0) is 11.3 Å². The van der Waals surface area contributed by atoms with Crippen molar-refractivity contribution in [2.75, 3.05) is 7.11 Å². The molecule has 144 valence electrons. The highest BCUT2D eigenvalue weighted by Gasteiger charge is 2.12. The van der Waals surface area contributed by atoms with Crippen molar-refractivity contribution in [2.45, 2.75) is 13.5 Å². The first-order chi connectivity index (χ1) is 13.4. The first-order valence-electron chi connectivity index (χ1n) is 8.23. The number of aromatic amines is 1. The molecule has 1 amide bonds. The summed E-state index contributed by atoms with van der Waals surface area (Å²) in [6.07, 6.45) is -0.549. The number of hydrogen-bond donors (Lipinski definition) is 2. The molecule has 2 aromatic carbocycles. The number of aryl methyl sites for hydroxylation is 1. The Kier molecular flexibility index (Phi) is 5.96. The van der Waals surface area contributed by atoms with E-state index in [1.54, 1.807) is 36.4 Å². The van der Waals surface area contributed by atoms with Crippen LogP contribution < -0.4 is 11.0 Å². The predicted molar refractivity (Wildman–Crippen MR) is 108 cm³/mol. The van der Waals surface area contributed by atoms with Crippen LogP contribution in [0.1, 0.15) is 11.1 Å². The highest BCUT2D eigenvalue weighted by Crippen LogP contribution is 2.28. The zero-order valence-corrected chi connectivity index (χ0v) is 16.6. The Bertz CT molecular complexity index is 1100. The number of nitrogens with one attached hydrogen (secondary N) is 2. The number of methoxy groups -OCH3 is 1. The number of carbonyl (C=O) groups excluding carboxylic acids is 1. The molecule has 0 radical (unpaired) electrons. The van der Waals surface area contributed by atoms with Gasteiger partial charge in [0.15, 0.2) is 5.82 Å². The van der Waals surface area contributed by atoms with Crippen LogP contribution >= 0.6 is 23.2 Å². The van der Waals surface area contributed by atoms with E-state index >= 15 is 0 Å². The first kappa shape index (κ1) is 19.9. The van der Waals surface area contributed by atoms with Gasteiger partial charge in [-0.1, -0.05) is 29.3 Å². The molecular weight excluding hydrogens is 403 g/mol. The van der Waals surface area contributed by atoms with Crippen LogP contribution in [0.15, 0.2) is 41.2 Å². The zero-order chi connectivity index (χ0) is 20.3. The van der Waals surface area contributed by atoms with Crippen LogP contribution in [0.3, 0.4) is 0 Å². The van der Waals surface area contributed by atoms with Crippen molar-refractivity contribution in [2.24, 2.45) is 0 Å². The summed E-state index contributed by atoms with van der Waals surface area (Å²) in [6.45, 7) is 2.09. The summed E-state index contributed by atoms with van der Waals surface area (Å²) in [5.74, 6) is 0.528. The van der Waals surface area contributed by atoms with Gasteiger partial charge < -0.3 is 10.1 Å². The van der Waals surface area contributed by atoms with Gasteiger partial charge >= 0.3 is 11.8 Å². The molecule has 0 bridgehead atoms. The van der Waals surface area contributed by atoms with Gasteiger partial charge in [0.05, 0.1) is 12.1 Å². The summed E-state index contributed by atoms with van der Waals surface area (Å²) in [5.41, 5.74) is 2.22. The van der Waals surface area contributed by atoms with Crippen molar-refractivity contribution < 1.29 is 9.53 Å². The van der Waals surface area contributed by atoms with E-state index in [1.807, 2.05) is 6.92 Å². The van der Waals surface area contributed by atoms with E-state index in [-0.39, 0.29) is 18.2 Å². The third kappa shape index (κ3) is 4.49. The highest BCUT2D eigenvalue weighted by atomic mass is 35.5. The van der Waals surface area contributed by atoms with E-state index in [0.717, 1.165) is 11.1 Å². The van der Waals surface area contributed by atoms with Gasteiger partial charge in [-0.15, -0.1) is 0 Å². The minimum absolute atomic E-state index is 0.232. The van der Waals surface area contributed by atoms with E-state index in [9.17, 15) is 9.59 Å². The lowest BCUT2D eigenvalue weighted by atomic mass is 10.1. The second-order valence-corrected chi connectivity index (χ2v) is 6.76. The molecule has 0 unspecified atom stereocenters. The second kappa shape index (κ2) is 8.41. The largest absolute Gasteiger partial charge is 0.453 e. The van der Waals surface area contributed by atoms with E-state index in [4.69, 9.17) is 23.2 Å². The van der Waals surface area contributed by atoms with Gasteiger partial charge in [-0.05, 0) is 48.4 Å². The molecule has 0 atom stereocenters. The monoisotopic (exact) mass is 418 g/mol. The Labute approximate surface area is 170 Å². The van der Waals surface area contributed by atoms with Crippen LogP contribution in [0, 0.1) is 6.92 Å². The topological polar surface area (TPSA) is 97.0 Å². The summed E-state index contributed by atoms with van der Waals surface area (Å²) < 4.78 is 4.56. The Morgan fingerprint density at radius 2 is 1.89 bits per heavy atom. The molecule has 0 saturated heterocycles. The fourth-order valence-corrected chi connectivity index (χ4v) is 2.86. The molecule has 0 aliphatic carbocycles. The molecule has 3 rings (SSSR count). The lowest BCUT2D eigenvalue weighted by molar-refractivity contribution is 0.170. The molecule has 9 heteroatoms. The number of H-pyrrole nitrogens is 1. The summed E-state index contributed by atoms with van der Waals surface area (Å²) in [7, 11) is 1.29. The third-order valence-electron chi connectivity index (χ3n) is 3.97. The SMILES string of the molecule is COC(=O)NCc1ccc(Cl)c(-c2nc(-c3ccc(Cl)c(C)c3)nc(=O)[nH]2)c1. The van der Waals surface area contributed by atoms with Gasteiger partial charge in [-0.25, -0.2) is 14.6 Å². The van der Waals surface area contributed by atoms with Crippen LogP contribution in [0.5, 0.6) is 0 Å². The van der Waals surface area contributed by atoms with Crippen LogP contribution in [0.2, 0.25) is 10.0 Å². The summed E-state index contributed by atoms with van der Waals surface area (Å²) in [4.78, 5) is 34.4. The highest BCUT2D eigenvalue weighted by molar-refractivity contribution is 6.33. The van der Waals surface area contributed by atoms with Crippen molar-refractivity contribution in [3.8, 4) is 22.8 Å². The maximum atomic E-state index is 12.1. The van der Waals surface area contributed by atoms with E-state index in [0.29, 0.717) is 21.2 Å². The lowest BCUT2D eigenvalue weighted by Crippen LogP contribution is -2.22. The van der Waals surface area contributed by atoms with Gasteiger partial charge in [-0.3, -0.25) is 4.98 Å². The molecule has 28 heavy (non-hydrogen) atoms. The number of nitrogens with zero attached hydrogens (tertiary/aromatic N) is 2. The molecule has 0 spiro atoms. The summed E-state index contributed by atoms with van der Waals surface area (Å²) >= 11 is 12.4. The van der Waals surface area contributed by atoms with Crippen molar-refractivity contribution >= 4 is 29.3 Å². The number of rotatable bonds is 4. The number of benzene rings is 2. The van der Waals surface area contributed by atoms with E-state index in [2.05, 4.69) is 25.0 Å². The van der Waals surface area contributed by atoms with E-state index in [1.165, 1.54) is 7.11 Å². The van der Waals surface area contributed by atoms with Crippen molar-refractivity contribution in [3.63, 3.8) is 0 Å². The van der Waals surface area contributed by atoms with E-state index < -0.39 is 11.8 Å². The minimum atomic E-state index is -0.554. The Morgan fingerprint density at radius 1 is 1.14 bits per heavy atom. The Hall–Kier alpha value is -2.90. The van der Waals surface area contributed by atoms with Crippen molar-refractivity contribution in [1.82, 2.24) is 20.3 Å². The lowest BCUT2D eigenvalue weighted by Gasteiger charge is -2.09. The molecule has 7 nitrogen and oxygen atoms in total. The maximum Gasteiger partial charge on any atom is 0.407 e. The molecule has 2 N–H and O–H groups in total. The van der Waals surface area contributed by atoms with Crippen LogP contribution in [-0.4, -0.2) is 28.2 Å². The van der Waals surface area contributed by atoms with Gasteiger partial charge in [0, 0.05) is 22.7 Å². The van der Waals surface area contributed by atoms with Crippen molar-refractivity contribution in [1.29, 1.82) is 0 Å². The smallest absolute Gasteiger partial charge is 0.407 e. The van der Waals surface area contributed by atoms with Gasteiger partial charge in [0.2, 0.25) is 0 Å². The number of ether oxygens (including phenoxy) is 1. The number of hydrogen-bond acceptors (Lipinski definition) is 5. The second-order valence-electron chi connectivity index (χ2n) is 5.95. The van der Waals surface area contributed by atoms with Gasteiger partial charge in [0.25, 0.3) is 0 Å². The molecule has 1 aromatic heterocycles. The Balaban J connectivity index is 2.01. The fraction of sp³-hybridized carbons (Fsp3) is 0.158. The number of halogens is 2. The van der Waals surface area contributed by atoms with Crippen LogP contribution in [0.25, 0.3) is 22.8 Å². The van der Waals surface area contributed by atoms with Gasteiger partial charge in [0.1, 0.15) is 5.82 Å². The Morgan fingerprint density at radius 3 is 2.61 bits per heavy atom. The normalized spacial score (nSPS) is 10.6. The number of carbonyl (C=O) groups is 1. The average molecular weight is 419 g/mol. The molecule has 0 saturated carbocycles. The van der Waals surface area contributed by atoms with Crippen molar-refractivity contribution in [3.05, 3.63) is 68.1 Å². The summed E-state index contributed by atoms with van der Waals surface area (Å²) in [6, 6.07) is 10.4.